The smallest absolute Gasteiger partial charge is 0.301 e. The van der Waals surface area contributed by atoms with Crippen molar-refractivity contribution in [3.8, 4) is 5.75 Å². The second-order valence-corrected chi connectivity index (χ2v) is 9.84. The zero-order valence-corrected chi connectivity index (χ0v) is 20.7. The number of fused-ring (bicyclic) bond motifs is 1. The standard InChI is InChI=1S/C26H19BrN2O4S/c1-14-6-8-15(9-7-14)23(30)21-22(16-4-3-5-17(27)12-16)29(25(32)24(21)31)26-28-19-11-10-18(33-2)13-20(19)34-26/h3-13,22,30H,1-2H3. The van der Waals surface area contributed by atoms with E-state index in [-0.39, 0.29) is 11.3 Å². The van der Waals surface area contributed by atoms with E-state index in [1.54, 1.807) is 25.3 Å². The number of halogens is 1. The second kappa shape index (κ2) is 8.70. The van der Waals surface area contributed by atoms with Crippen molar-refractivity contribution in [1.82, 2.24) is 4.98 Å². The van der Waals surface area contributed by atoms with Crippen molar-refractivity contribution in [2.24, 2.45) is 0 Å². The van der Waals surface area contributed by atoms with Crippen molar-refractivity contribution in [2.45, 2.75) is 13.0 Å². The Kier molecular flexibility index (Phi) is 5.71. The molecule has 2 heterocycles. The van der Waals surface area contributed by atoms with E-state index in [1.165, 1.54) is 16.2 Å². The number of Topliss-reactive ketones (excluding diaryl/α,β-unsaturated/α-hetero) is 1. The lowest BCUT2D eigenvalue weighted by Gasteiger charge is -2.23. The summed E-state index contributed by atoms with van der Waals surface area (Å²) in [6.07, 6.45) is 0. The van der Waals surface area contributed by atoms with Gasteiger partial charge in [0, 0.05) is 10.0 Å². The Hall–Kier alpha value is -3.49. The fourth-order valence-electron chi connectivity index (χ4n) is 4.01. The summed E-state index contributed by atoms with van der Waals surface area (Å²) in [5, 5.41) is 11.6. The van der Waals surface area contributed by atoms with Crippen LogP contribution in [-0.4, -0.2) is 28.9 Å². The lowest BCUT2D eigenvalue weighted by Crippen LogP contribution is -2.29. The molecule has 8 heteroatoms. The summed E-state index contributed by atoms with van der Waals surface area (Å²) >= 11 is 4.77. The predicted octanol–water partition coefficient (Wildman–Crippen LogP) is 6.00. The maximum atomic E-state index is 13.3. The number of ether oxygens (including phenoxy) is 1. The molecule has 1 aliphatic rings. The highest BCUT2D eigenvalue weighted by Crippen LogP contribution is 2.45. The SMILES string of the molecule is COc1ccc2nc(N3C(=O)C(=O)C(=C(O)c4ccc(C)cc4)C3c3cccc(Br)c3)sc2c1. The zero-order chi connectivity index (χ0) is 24.0. The monoisotopic (exact) mass is 534 g/mol. The zero-order valence-electron chi connectivity index (χ0n) is 18.3. The molecule has 6 nitrogen and oxygen atoms in total. The summed E-state index contributed by atoms with van der Waals surface area (Å²) < 4.78 is 6.92. The van der Waals surface area contributed by atoms with Crippen LogP contribution in [-0.2, 0) is 9.59 Å². The van der Waals surface area contributed by atoms with Crippen LogP contribution < -0.4 is 9.64 Å². The van der Waals surface area contributed by atoms with E-state index in [1.807, 2.05) is 55.5 Å². The number of aryl methyl sites for hydroxylation is 1. The molecule has 1 N–H and O–H groups in total. The molecule has 1 amide bonds. The van der Waals surface area contributed by atoms with Gasteiger partial charge in [0.05, 0.1) is 28.9 Å². The number of carbonyl (C=O) groups excluding carboxylic acids is 2. The van der Waals surface area contributed by atoms with Gasteiger partial charge in [0.1, 0.15) is 11.5 Å². The minimum atomic E-state index is -0.832. The largest absolute Gasteiger partial charge is 0.507 e. The van der Waals surface area contributed by atoms with Gasteiger partial charge in [0.25, 0.3) is 5.78 Å². The van der Waals surface area contributed by atoms with Gasteiger partial charge in [-0.3, -0.25) is 14.5 Å². The number of rotatable bonds is 4. The van der Waals surface area contributed by atoms with E-state index in [0.717, 1.165) is 14.7 Å². The summed E-state index contributed by atoms with van der Waals surface area (Å²) in [5.41, 5.74) is 2.89. The molecule has 0 aliphatic carbocycles. The topological polar surface area (TPSA) is 79.7 Å². The Bertz CT molecular complexity index is 1480. The van der Waals surface area contributed by atoms with Gasteiger partial charge in [-0.05, 0) is 42.8 Å². The molecular formula is C26H19BrN2O4S. The molecule has 34 heavy (non-hydrogen) atoms. The quantitative estimate of drug-likeness (QED) is 0.197. The van der Waals surface area contributed by atoms with Crippen LogP contribution in [0.2, 0.25) is 0 Å². The lowest BCUT2D eigenvalue weighted by atomic mass is 9.95. The number of methoxy groups -OCH3 is 1. The number of aliphatic hydroxyl groups is 1. The van der Waals surface area contributed by atoms with Crippen LogP contribution in [0.15, 0.2) is 76.8 Å². The van der Waals surface area contributed by atoms with Gasteiger partial charge < -0.3 is 9.84 Å². The van der Waals surface area contributed by atoms with E-state index in [2.05, 4.69) is 20.9 Å². The number of hydrogen-bond acceptors (Lipinski definition) is 6. The van der Waals surface area contributed by atoms with Crippen molar-refractivity contribution in [3.05, 3.63) is 93.5 Å². The number of hydrogen-bond donors (Lipinski definition) is 1. The minimum absolute atomic E-state index is 0.0313. The van der Waals surface area contributed by atoms with E-state index < -0.39 is 17.7 Å². The van der Waals surface area contributed by atoms with Gasteiger partial charge in [-0.15, -0.1) is 0 Å². The maximum Gasteiger partial charge on any atom is 0.301 e. The summed E-state index contributed by atoms with van der Waals surface area (Å²) in [6, 6.07) is 19.1. The molecule has 1 atom stereocenters. The second-order valence-electron chi connectivity index (χ2n) is 7.92. The van der Waals surface area contributed by atoms with Crippen molar-refractivity contribution >= 4 is 60.1 Å². The normalized spacial score (nSPS) is 17.5. The molecule has 1 unspecified atom stereocenters. The number of amides is 1. The first-order chi connectivity index (χ1) is 16.4. The van der Waals surface area contributed by atoms with Crippen LogP contribution in [0.25, 0.3) is 16.0 Å². The summed E-state index contributed by atoms with van der Waals surface area (Å²) in [7, 11) is 1.58. The molecular weight excluding hydrogens is 516 g/mol. The molecule has 0 radical (unpaired) electrons. The van der Waals surface area contributed by atoms with E-state index in [4.69, 9.17) is 4.74 Å². The molecule has 4 aromatic rings. The van der Waals surface area contributed by atoms with Crippen LogP contribution >= 0.6 is 27.3 Å². The number of thiazole rings is 1. The Morgan fingerprint density at radius 2 is 1.85 bits per heavy atom. The van der Waals surface area contributed by atoms with Gasteiger partial charge in [-0.2, -0.15) is 0 Å². The number of anilines is 1. The highest BCUT2D eigenvalue weighted by molar-refractivity contribution is 9.10. The van der Waals surface area contributed by atoms with Gasteiger partial charge in [0.15, 0.2) is 5.13 Å². The molecule has 3 aromatic carbocycles. The Morgan fingerprint density at radius 1 is 1.09 bits per heavy atom. The van der Waals surface area contributed by atoms with Crippen LogP contribution in [0.3, 0.4) is 0 Å². The first kappa shape index (κ1) is 22.3. The van der Waals surface area contributed by atoms with E-state index in [9.17, 15) is 14.7 Å². The van der Waals surface area contributed by atoms with E-state index >= 15 is 0 Å². The van der Waals surface area contributed by atoms with Crippen molar-refractivity contribution < 1.29 is 19.4 Å². The highest BCUT2D eigenvalue weighted by Gasteiger charge is 2.48. The highest BCUT2D eigenvalue weighted by atomic mass is 79.9. The molecule has 5 rings (SSSR count). The molecule has 1 aliphatic heterocycles. The van der Waals surface area contributed by atoms with Gasteiger partial charge >= 0.3 is 5.91 Å². The van der Waals surface area contributed by atoms with Crippen molar-refractivity contribution in [2.75, 3.05) is 12.0 Å². The van der Waals surface area contributed by atoms with Crippen LogP contribution in [0.4, 0.5) is 5.13 Å². The molecule has 1 aromatic heterocycles. The number of nitrogens with zero attached hydrogens (tertiary/aromatic N) is 2. The molecule has 1 fully saturated rings. The summed E-state index contributed by atoms with van der Waals surface area (Å²) in [5.74, 6) is -1.02. The third-order valence-corrected chi connectivity index (χ3v) is 7.23. The van der Waals surface area contributed by atoms with Crippen molar-refractivity contribution in [3.63, 3.8) is 0 Å². The number of aliphatic hydroxyl groups excluding tert-OH is 1. The molecule has 1 saturated heterocycles. The maximum absolute atomic E-state index is 13.3. The summed E-state index contributed by atoms with van der Waals surface area (Å²) in [4.78, 5) is 32.6. The van der Waals surface area contributed by atoms with Gasteiger partial charge in [-0.1, -0.05) is 69.2 Å². The van der Waals surface area contributed by atoms with Crippen molar-refractivity contribution in [1.29, 1.82) is 0 Å². The minimum Gasteiger partial charge on any atom is -0.507 e. The number of carbonyl (C=O) groups is 2. The van der Waals surface area contributed by atoms with Gasteiger partial charge in [0.2, 0.25) is 0 Å². The van der Waals surface area contributed by atoms with Crippen LogP contribution in [0.5, 0.6) is 5.75 Å². The third kappa shape index (κ3) is 3.78. The fraction of sp³-hybridized carbons (Fsp3) is 0.115. The van der Waals surface area contributed by atoms with Gasteiger partial charge in [-0.25, -0.2) is 4.98 Å². The first-order valence-electron chi connectivity index (χ1n) is 10.5. The Balaban J connectivity index is 1.72. The number of aromatic nitrogens is 1. The molecule has 0 bridgehead atoms. The molecule has 0 spiro atoms. The Morgan fingerprint density at radius 3 is 2.56 bits per heavy atom. The molecule has 170 valence electrons. The molecule has 0 saturated carbocycles. The first-order valence-corrected chi connectivity index (χ1v) is 12.1. The van der Waals surface area contributed by atoms with E-state index in [0.29, 0.717) is 27.5 Å². The fourth-order valence-corrected chi connectivity index (χ4v) is 5.45. The number of benzene rings is 3. The average molecular weight is 535 g/mol. The summed E-state index contributed by atoms with van der Waals surface area (Å²) in [6.45, 7) is 1.94. The average Bonchev–Trinajstić information content (AvgIpc) is 3.36. The van der Waals surface area contributed by atoms with Crippen LogP contribution in [0.1, 0.15) is 22.7 Å². The lowest BCUT2D eigenvalue weighted by molar-refractivity contribution is -0.132. The van der Waals surface area contributed by atoms with Crippen LogP contribution in [0, 0.1) is 6.92 Å². The Labute approximate surface area is 208 Å². The third-order valence-electron chi connectivity index (χ3n) is 5.72. The predicted molar refractivity (Wildman–Crippen MR) is 136 cm³/mol. The number of ketones is 1.